The van der Waals surface area contributed by atoms with Crippen molar-refractivity contribution in [1.29, 1.82) is 5.26 Å². The van der Waals surface area contributed by atoms with E-state index in [2.05, 4.69) is 16.7 Å². The van der Waals surface area contributed by atoms with E-state index >= 15 is 0 Å². The Morgan fingerprint density at radius 3 is 2.88 bits per heavy atom. The summed E-state index contributed by atoms with van der Waals surface area (Å²) in [4.78, 5) is 26.7. The van der Waals surface area contributed by atoms with E-state index in [9.17, 15) is 14.9 Å². The van der Waals surface area contributed by atoms with Crippen LogP contribution in [0.15, 0.2) is 22.8 Å². The minimum absolute atomic E-state index is 0.0908. The number of carbonyl (C=O) groups excluding carboxylic acids is 2. The fraction of sp³-hybridized carbons (Fsp3) is 0.611. The summed E-state index contributed by atoms with van der Waals surface area (Å²) in [5.41, 5.74) is -0.798. The van der Waals surface area contributed by atoms with Crippen molar-refractivity contribution in [2.45, 2.75) is 50.7 Å². The Morgan fingerprint density at radius 1 is 1.44 bits per heavy atom. The molecule has 2 unspecified atom stereocenters. The van der Waals surface area contributed by atoms with Crippen LogP contribution in [0.5, 0.6) is 0 Å². The van der Waals surface area contributed by atoms with Crippen LogP contribution in [0.2, 0.25) is 0 Å². The fourth-order valence-corrected chi connectivity index (χ4v) is 3.41. The minimum atomic E-state index is -0.798. The van der Waals surface area contributed by atoms with Gasteiger partial charge in [0, 0.05) is 0 Å². The third-order valence-electron chi connectivity index (χ3n) is 5.06. The van der Waals surface area contributed by atoms with Gasteiger partial charge in [0.15, 0.2) is 0 Å². The second-order valence-corrected chi connectivity index (χ2v) is 7.06. The summed E-state index contributed by atoms with van der Waals surface area (Å²) in [5.74, 6) is 0.658. The highest BCUT2D eigenvalue weighted by Crippen LogP contribution is 2.39. The van der Waals surface area contributed by atoms with Crippen LogP contribution in [0.25, 0.3) is 0 Å². The predicted octanol–water partition coefficient (Wildman–Crippen LogP) is 1.17. The molecule has 2 N–H and O–H groups in total. The second-order valence-electron chi connectivity index (χ2n) is 7.06. The number of furan rings is 1. The molecule has 2 amide bonds. The molecule has 2 atom stereocenters. The molecule has 1 saturated heterocycles. The average Bonchev–Trinajstić information content (AvgIpc) is 3.15. The lowest BCUT2D eigenvalue weighted by Crippen LogP contribution is -2.52. The molecule has 2 heterocycles. The summed E-state index contributed by atoms with van der Waals surface area (Å²) in [6.45, 7) is 2.97. The lowest BCUT2D eigenvalue weighted by atomic mass is 9.98. The molecule has 0 radical (unpaired) electrons. The molecule has 1 aromatic rings. The normalized spacial score (nSPS) is 22.8. The lowest BCUT2D eigenvalue weighted by Gasteiger charge is -2.27. The zero-order chi connectivity index (χ0) is 17.9. The molecule has 0 spiro atoms. The van der Waals surface area contributed by atoms with Gasteiger partial charge in [0.05, 0.1) is 31.5 Å². The van der Waals surface area contributed by atoms with Gasteiger partial charge in [0.2, 0.25) is 11.8 Å². The molecule has 1 saturated carbocycles. The molecular formula is C18H24N4O3. The van der Waals surface area contributed by atoms with Crippen molar-refractivity contribution in [2.75, 3.05) is 13.1 Å². The van der Waals surface area contributed by atoms with E-state index in [1.807, 2.05) is 4.90 Å². The fourth-order valence-electron chi connectivity index (χ4n) is 3.41. The van der Waals surface area contributed by atoms with Crippen molar-refractivity contribution in [3.63, 3.8) is 0 Å². The van der Waals surface area contributed by atoms with E-state index in [4.69, 9.17) is 4.42 Å². The molecule has 3 rings (SSSR count). The topological polar surface area (TPSA) is 98.4 Å². The molecule has 0 bridgehead atoms. The molecule has 25 heavy (non-hydrogen) atoms. The highest BCUT2D eigenvalue weighted by molar-refractivity contribution is 5.84. The first-order chi connectivity index (χ1) is 12.0. The van der Waals surface area contributed by atoms with Gasteiger partial charge in [-0.25, -0.2) is 0 Å². The van der Waals surface area contributed by atoms with Gasteiger partial charge in [-0.3, -0.25) is 14.5 Å². The Labute approximate surface area is 147 Å². The number of nitriles is 1. The van der Waals surface area contributed by atoms with Crippen LogP contribution >= 0.6 is 0 Å². The highest BCUT2D eigenvalue weighted by Gasteiger charge is 2.43. The Hall–Kier alpha value is -2.33. The van der Waals surface area contributed by atoms with E-state index < -0.39 is 5.54 Å². The lowest BCUT2D eigenvalue weighted by molar-refractivity contribution is -0.128. The molecule has 1 aromatic heterocycles. The monoisotopic (exact) mass is 344 g/mol. The third-order valence-corrected chi connectivity index (χ3v) is 5.06. The first-order valence-corrected chi connectivity index (χ1v) is 8.78. The quantitative estimate of drug-likeness (QED) is 0.774. The molecule has 134 valence electrons. The average molecular weight is 344 g/mol. The van der Waals surface area contributed by atoms with Crippen molar-refractivity contribution in [2.24, 2.45) is 5.92 Å². The molecule has 1 aliphatic heterocycles. The SMILES string of the molecule is CC(C#N)(NC(=O)CN1CCCC1C(=O)NCc1ccco1)C1CC1. The minimum Gasteiger partial charge on any atom is -0.467 e. The zero-order valence-corrected chi connectivity index (χ0v) is 14.5. The Morgan fingerprint density at radius 2 is 2.24 bits per heavy atom. The van der Waals surface area contributed by atoms with Crippen molar-refractivity contribution < 1.29 is 14.0 Å². The summed E-state index contributed by atoms with van der Waals surface area (Å²) < 4.78 is 5.21. The van der Waals surface area contributed by atoms with E-state index in [1.54, 1.807) is 25.3 Å². The number of likely N-dealkylation sites (tertiary alicyclic amines) is 1. The van der Waals surface area contributed by atoms with Gasteiger partial charge >= 0.3 is 0 Å². The summed E-state index contributed by atoms with van der Waals surface area (Å²) in [5, 5.41) is 15.1. The van der Waals surface area contributed by atoms with E-state index in [1.165, 1.54) is 0 Å². The van der Waals surface area contributed by atoms with E-state index in [0.29, 0.717) is 18.8 Å². The summed E-state index contributed by atoms with van der Waals surface area (Å²) in [6.07, 6.45) is 5.14. The maximum atomic E-state index is 12.4. The van der Waals surface area contributed by atoms with Crippen LogP contribution in [0.1, 0.15) is 38.4 Å². The predicted molar refractivity (Wildman–Crippen MR) is 90.0 cm³/mol. The molecule has 7 nitrogen and oxygen atoms in total. The maximum absolute atomic E-state index is 12.4. The second kappa shape index (κ2) is 7.28. The Kier molecular flexibility index (Phi) is 5.09. The van der Waals surface area contributed by atoms with Crippen molar-refractivity contribution in [3.05, 3.63) is 24.2 Å². The third kappa shape index (κ3) is 4.20. The number of rotatable bonds is 7. The number of nitrogens with one attached hydrogen (secondary N) is 2. The van der Waals surface area contributed by atoms with Gasteiger partial charge in [-0.15, -0.1) is 0 Å². The maximum Gasteiger partial charge on any atom is 0.237 e. The summed E-state index contributed by atoms with van der Waals surface area (Å²) >= 11 is 0. The van der Waals surface area contributed by atoms with Gasteiger partial charge in [0.1, 0.15) is 11.3 Å². The molecule has 2 fully saturated rings. The van der Waals surface area contributed by atoms with E-state index in [0.717, 1.165) is 25.7 Å². The highest BCUT2D eigenvalue weighted by atomic mass is 16.3. The number of hydrogen-bond donors (Lipinski definition) is 2. The Bertz CT molecular complexity index is 662. The largest absolute Gasteiger partial charge is 0.467 e. The first-order valence-electron chi connectivity index (χ1n) is 8.78. The first kappa shape index (κ1) is 17.5. The van der Waals surface area contributed by atoms with Crippen LogP contribution in [-0.2, 0) is 16.1 Å². The number of nitrogens with zero attached hydrogens (tertiary/aromatic N) is 2. The zero-order valence-electron chi connectivity index (χ0n) is 14.5. The molecular weight excluding hydrogens is 320 g/mol. The summed E-state index contributed by atoms with van der Waals surface area (Å²) in [6, 6.07) is 5.50. The molecule has 2 aliphatic rings. The number of hydrogen-bond acceptors (Lipinski definition) is 5. The number of carbonyl (C=O) groups is 2. The Balaban J connectivity index is 1.51. The summed E-state index contributed by atoms with van der Waals surface area (Å²) in [7, 11) is 0. The molecule has 0 aromatic carbocycles. The van der Waals surface area contributed by atoms with Crippen molar-refractivity contribution >= 4 is 11.8 Å². The van der Waals surface area contributed by atoms with Gasteiger partial charge in [-0.05, 0) is 57.2 Å². The van der Waals surface area contributed by atoms with Crippen LogP contribution < -0.4 is 10.6 Å². The molecule has 1 aliphatic carbocycles. The van der Waals surface area contributed by atoms with Gasteiger partial charge in [-0.2, -0.15) is 5.26 Å². The van der Waals surface area contributed by atoms with Crippen LogP contribution in [0, 0.1) is 17.2 Å². The van der Waals surface area contributed by atoms with Crippen LogP contribution in [0.4, 0.5) is 0 Å². The van der Waals surface area contributed by atoms with Crippen molar-refractivity contribution in [1.82, 2.24) is 15.5 Å². The van der Waals surface area contributed by atoms with Gasteiger partial charge in [0.25, 0.3) is 0 Å². The number of amides is 2. The van der Waals surface area contributed by atoms with E-state index in [-0.39, 0.29) is 30.3 Å². The van der Waals surface area contributed by atoms with Crippen LogP contribution in [-0.4, -0.2) is 41.4 Å². The van der Waals surface area contributed by atoms with Crippen molar-refractivity contribution in [3.8, 4) is 6.07 Å². The van der Waals surface area contributed by atoms with Gasteiger partial charge < -0.3 is 15.1 Å². The van der Waals surface area contributed by atoms with Crippen LogP contribution in [0.3, 0.4) is 0 Å². The molecule has 7 heteroatoms. The smallest absolute Gasteiger partial charge is 0.237 e. The standard InChI is InChI=1S/C18H24N4O3/c1-18(12-19,13-6-7-13)21-16(23)11-22-8-2-5-15(22)17(24)20-10-14-4-3-9-25-14/h3-4,9,13,15H,2,5-8,10-11H2,1H3,(H,20,24)(H,21,23). The van der Waals surface area contributed by atoms with Gasteiger partial charge in [-0.1, -0.05) is 0 Å².